The highest BCUT2D eigenvalue weighted by Crippen LogP contribution is 2.12. The Hall–Kier alpha value is -0.810. The number of ketones is 1. The van der Waals surface area contributed by atoms with Crippen LogP contribution in [0.5, 0.6) is 0 Å². The van der Waals surface area contributed by atoms with E-state index in [0.29, 0.717) is 5.56 Å². The maximum atomic E-state index is 11.9. The lowest BCUT2D eigenvalue weighted by Crippen LogP contribution is -2.43. The van der Waals surface area contributed by atoms with Gasteiger partial charge < -0.3 is 5.32 Å². The maximum Gasteiger partial charge on any atom is 0.183 e. The lowest BCUT2D eigenvalue weighted by molar-refractivity contribution is 0.0953. The summed E-state index contributed by atoms with van der Waals surface area (Å²) in [7, 11) is 1.82. The van der Waals surface area contributed by atoms with Crippen LogP contribution in [0.1, 0.15) is 10.4 Å². The van der Waals surface area contributed by atoms with Gasteiger partial charge in [0.2, 0.25) is 0 Å². The number of nitrogens with one attached hydrogen (secondary N) is 1. The second-order valence-electron chi connectivity index (χ2n) is 3.35. The summed E-state index contributed by atoms with van der Waals surface area (Å²) in [5.74, 6) is 2.12. The highest BCUT2D eigenvalue weighted by atomic mass is 32.2. The zero-order valence-electron chi connectivity index (χ0n) is 8.06. The fourth-order valence-electron chi connectivity index (χ4n) is 1.48. The molecule has 1 atom stereocenters. The minimum Gasteiger partial charge on any atom is -0.306 e. The zero-order valence-corrected chi connectivity index (χ0v) is 8.88. The molecule has 0 aliphatic carbocycles. The summed E-state index contributed by atoms with van der Waals surface area (Å²) in [6.45, 7) is 0.918. The van der Waals surface area contributed by atoms with Gasteiger partial charge >= 0.3 is 0 Å². The van der Waals surface area contributed by atoms with Crippen LogP contribution in [0.4, 0.5) is 0 Å². The van der Waals surface area contributed by atoms with Crippen molar-refractivity contribution in [2.75, 3.05) is 18.1 Å². The van der Waals surface area contributed by atoms with E-state index in [1.165, 1.54) is 0 Å². The topological polar surface area (TPSA) is 46.9 Å². The molecule has 4 nitrogen and oxygen atoms in total. The van der Waals surface area contributed by atoms with Crippen molar-refractivity contribution in [3.05, 3.63) is 18.0 Å². The highest BCUT2D eigenvalue weighted by Gasteiger charge is 2.22. The molecule has 1 aromatic heterocycles. The van der Waals surface area contributed by atoms with Crippen molar-refractivity contribution < 1.29 is 4.79 Å². The second-order valence-corrected chi connectivity index (χ2v) is 4.50. The van der Waals surface area contributed by atoms with Crippen LogP contribution in [-0.4, -0.2) is 39.7 Å². The molecule has 2 heterocycles. The van der Waals surface area contributed by atoms with Gasteiger partial charge in [-0.15, -0.1) is 0 Å². The molecule has 0 aromatic carbocycles. The molecule has 0 radical (unpaired) electrons. The van der Waals surface area contributed by atoms with Gasteiger partial charge in [0.05, 0.1) is 17.8 Å². The SMILES string of the molecule is Cn1cc(C(=O)C2CSCCN2)cn1. The van der Waals surface area contributed by atoms with E-state index >= 15 is 0 Å². The Morgan fingerprint density at radius 2 is 2.64 bits per heavy atom. The largest absolute Gasteiger partial charge is 0.306 e. The van der Waals surface area contributed by atoms with Crippen molar-refractivity contribution in [3.8, 4) is 0 Å². The van der Waals surface area contributed by atoms with Crippen molar-refractivity contribution in [3.63, 3.8) is 0 Å². The molecule has 1 aliphatic heterocycles. The summed E-state index contributed by atoms with van der Waals surface area (Å²) >= 11 is 1.82. The number of thioether (sulfide) groups is 1. The molecule has 2 rings (SSSR count). The third kappa shape index (κ3) is 1.99. The molecule has 1 unspecified atom stereocenters. The van der Waals surface area contributed by atoms with E-state index in [2.05, 4.69) is 10.4 Å². The Morgan fingerprint density at radius 3 is 3.21 bits per heavy atom. The Bertz CT molecular complexity index is 331. The molecule has 76 valence electrons. The summed E-state index contributed by atoms with van der Waals surface area (Å²) in [4.78, 5) is 11.9. The first-order valence-corrected chi connectivity index (χ1v) is 5.77. The molecule has 14 heavy (non-hydrogen) atoms. The summed E-state index contributed by atoms with van der Waals surface area (Å²) in [5, 5.41) is 7.21. The maximum absolute atomic E-state index is 11.9. The number of aryl methyl sites for hydroxylation is 1. The third-order valence-corrected chi connectivity index (χ3v) is 3.29. The van der Waals surface area contributed by atoms with Gasteiger partial charge in [0.1, 0.15) is 0 Å². The van der Waals surface area contributed by atoms with Gasteiger partial charge in [-0.05, 0) is 0 Å². The molecule has 1 N–H and O–H groups in total. The van der Waals surface area contributed by atoms with Crippen molar-refractivity contribution in [2.24, 2.45) is 7.05 Å². The van der Waals surface area contributed by atoms with Gasteiger partial charge in [-0.2, -0.15) is 16.9 Å². The monoisotopic (exact) mass is 211 g/mol. The molecule has 1 aliphatic rings. The van der Waals surface area contributed by atoms with Crippen LogP contribution >= 0.6 is 11.8 Å². The van der Waals surface area contributed by atoms with Crippen LogP contribution in [0.3, 0.4) is 0 Å². The molecule has 0 bridgehead atoms. The van der Waals surface area contributed by atoms with Crippen LogP contribution in [0.25, 0.3) is 0 Å². The molecule has 1 saturated heterocycles. The molecule has 5 heteroatoms. The van der Waals surface area contributed by atoms with Crippen molar-refractivity contribution in [1.29, 1.82) is 0 Å². The normalized spacial score (nSPS) is 22.2. The average Bonchev–Trinajstić information content (AvgIpc) is 2.65. The quantitative estimate of drug-likeness (QED) is 0.715. The van der Waals surface area contributed by atoms with Gasteiger partial charge in [-0.1, -0.05) is 0 Å². The Kier molecular flexibility index (Phi) is 2.88. The third-order valence-electron chi connectivity index (χ3n) is 2.23. The van der Waals surface area contributed by atoms with Gasteiger partial charge in [-0.25, -0.2) is 0 Å². The number of nitrogens with zero attached hydrogens (tertiary/aromatic N) is 2. The fraction of sp³-hybridized carbons (Fsp3) is 0.556. The molecular weight excluding hydrogens is 198 g/mol. The van der Waals surface area contributed by atoms with Crippen LogP contribution in [0.2, 0.25) is 0 Å². The first-order valence-electron chi connectivity index (χ1n) is 4.61. The molecule has 1 aromatic rings. The van der Waals surface area contributed by atoms with E-state index in [9.17, 15) is 4.79 Å². The van der Waals surface area contributed by atoms with E-state index < -0.39 is 0 Å². The summed E-state index contributed by atoms with van der Waals surface area (Å²) in [5.41, 5.74) is 0.701. The number of carbonyl (C=O) groups excluding carboxylic acids is 1. The van der Waals surface area contributed by atoms with Gasteiger partial charge in [0.25, 0.3) is 0 Å². The molecule has 0 saturated carbocycles. The lowest BCUT2D eigenvalue weighted by atomic mass is 10.1. The van der Waals surface area contributed by atoms with Crippen molar-refractivity contribution in [2.45, 2.75) is 6.04 Å². The second kappa shape index (κ2) is 4.14. The number of hydrogen-bond donors (Lipinski definition) is 1. The van der Waals surface area contributed by atoms with E-state index in [0.717, 1.165) is 18.1 Å². The molecule has 0 spiro atoms. The van der Waals surface area contributed by atoms with E-state index in [4.69, 9.17) is 0 Å². The Labute approximate surface area is 87.1 Å². The molecule has 1 fully saturated rings. The zero-order chi connectivity index (χ0) is 9.97. The number of rotatable bonds is 2. The highest BCUT2D eigenvalue weighted by molar-refractivity contribution is 7.99. The number of hydrogen-bond acceptors (Lipinski definition) is 4. The molecule has 0 amide bonds. The van der Waals surface area contributed by atoms with E-state index in [1.807, 2.05) is 18.8 Å². The first-order chi connectivity index (χ1) is 6.77. The summed E-state index contributed by atoms with van der Waals surface area (Å²) < 4.78 is 1.66. The van der Waals surface area contributed by atoms with Crippen molar-refractivity contribution >= 4 is 17.5 Å². The minimum absolute atomic E-state index is 0.0297. The van der Waals surface area contributed by atoms with Gasteiger partial charge in [0, 0.05) is 31.3 Å². The Balaban J connectivity index is 2.07. The number of carbonyl (C=O) groups is 1. The summed E-state index contributed by atoms with van der Waals surface area (Å²) in [6, 6.07) is -0.0297. The number of aromatic nitrogens is 2. The van der Waals surface area contributed by atoms with Crippen LogP contribution in [0.15, 0.2) is 12.4 Å². The van der Waals surface area contributed by atoms with Crippen LogP contribution in [-0.2, 0) is 7.05 Å². The van der Waals surface area contributed by atoms with Crippen LogP contribution < -0.4 is 5.32 Å². The Morgan fingerprint density at radius 1 is 1.79 bits per heavy atom. The lowest BCUT2D eigenvalue weighted by Gasteiger charge is -2.21. The van der Waals surface area contributed by atoms with Gasteiger partial charge in [-0.3, -0.25) is 9.48 Å². The predicted molar refractivity (Wildman–Crippen MR) is 56.7 cm³/mol. The fourth-order valence-corrected chi connectivity index (χ4v) is 2.42. The summed E-state index contributed by atoms with van der Waals surface area (Å²) in [6.07, 6.45) is 3.40. The smallest absolute Gasteiger partial charge is 0.183 e. The first kappa shape index (κ1) is 9.73. The number of Topliss-reactive ketones (excluding diaryl/α,β-unsaturated/α-hetero) is 1. The predicted octanol–water partition coefficient (Wildman–Crippen LogP) is 0.308. The minimum atomic E-state index is -0.0297. The van der Waals surface area contributed by atoms with E-state index in [1.54, 1.807) is 17.1 Å². The van der Waals surface area contributed by atoms with E-state index in [-0.39, 0.29) is 11.8 Å². The van der Waals surface area contributed by atoms with Gasteiger partial charge in [0.15, 0.2) is 5.78 Å². The standard InChI is InChI=1S/C9H13N3OS/c1-12-5-7(4-11-12)9(13)8-6-14-3-2-10-8/h4-5,8,10H,2-3,6H2,1H3. The van der Waals surface area contributed by atoms with Crippen molar-refractivity contribution in [1.82, 2.24) is 15.1 Å². The molecular formula is C9H13N3OS. The van der Waals surface area contributed by atoms with Crippen LogP contribution in [0, 0.1) is 0 Å². The average molecular weight is 211 g/mol.